The van der Waals surface area contributed by atoms with Gasteiger partial charge in [-0.15, -0.1) is 5.10 Å². The minimum atomic E-state index is -1.11. The van der Waals surface area contributed by atoms with Gasteiger partial charge in [-0.25, -0.2) is 23.9 Å². The first-order valence-corrected chi connectivity index (χ1v) is 11.0. The maximum Gasteiger partial charge on any atom is 0.335 e. The number of aromatic nitrogens is 5. The molecule has 37 heavy (non-hydrogen) atoms. The van der Waals surface area contributed by atoms with Crippen molar-refractivity contribution in [2.45, 2.75) is 13.1 Å². The van der Waals surface area contributed by atoms with Crippen molar-refractivity contribution in [3.05, 3.63) is 104 Å². The number of imide groups is 1. The van der Waals surface area contributed by atoms with Crippen molar-refractivity contribution >= 4 is 29.2 Å². The molecular formula is C23H19ClN8O5. The monoisotopic (exact) mass is 522 g/mol. The summed E-state index contributed by atoms with van der Waals surface area (Å²) in [5.41, 5.74) is 4.21. The highest BCUT2D eigenvalue weighted by Gasteiger charge is 2.14. The fourth-order valence-corrected chi connectivity index (χ4v) is 3.32. The largest absolute Gasteiger partial charge is 0.438 e. The van der Waals surface area contributed by atoms with Crippen LogP contribution in [0.2, 0.25) is 5.02 Å². The van der Waals surface area contributed by atoms with Gasteiger partial charge < -0.3 is 10.5 Å². The van der Waals surface area contributed by atoms with Gasteiger partial charge in [0.1, 0.15) is 12.3 Å². The summed E-state index contributed by atoms with van der Waals surface area (Å²) in [6.45, 7) is -0.733. The Balaban J connectivity index is 1.73. The number of amides is 3. The molecule has 0 bridgehead atoms. The second-order valence-corrected chi connectivity index (χ2v) is 7.95. The summed E-state index contributed by atoms with van der Waals surface area (Å²) in [4.78, 5) is 55.8. The van der Waals surface area contributed by atoms with E-state index in [-0.39, 0.29) is 12.2 Å². The second kappa shape index (κ2) is 11.1. The molecular weight excluding hydrogens is 504 g/mol. The molecule has 0 fully saturated rings. The summed E-state index contributed by atoms with van der Waals surface area (Å²) >= 11 is 5.95. The number of nitrogens with zero attached hydrogens (tertiary/aromatic N) is 5. The van der Waals surface area contributed by atoms with Crippen molar-refractivity contribution in [3.8, 4) is 11.6 Å². The van der Waals surface area contributed by atoms with Crippen molar-refractivity contribution in [2.24, 2.45) is 10.7 Å². The van der Waals surface area contributed by atoms with Crippen LogP contribution >= 0.6 is 11.6 Å². The number of hydrogen-bond acceptors (Lipinski definition) is 8. The number of hydrogen-bond donors (Lipinski definition) is 3. The molecule has 4 N–H and O–H groups in total. The van der Waals surface area contributed by atoms with E-state index < -0.39 is 29.9 Å². The summed E-state index contributed by atoms with van der Waals surface area (Å²) in [5, 5.41) is 9.91. The third-order valence-electron chi connectivity index (χ3n) is 4.84. The van der Waals surface area contributed by atoms with Gasteiger partial charge in [-0.1, -0.05) is 23.7 Å². The lowest BCUT2D eigenvalue weighted by Gasteiger charge is -2.11. The highest BCUT2D eigenvalue weighted by Crippen LogP contribution is 2.21. The number of benzene rings is 2. The van der Waals surface area contributed by atoms with Crippen LogP contribution in [0.1, 0.15) is 5.56 Å². The first kappa shape index (κ1) is 25.1. The van der Waals surface area contributed by atoms with Crippen LogP contribution in [0.3, 0.4) is 0 Å². The number of primary amides is 1. The molecule has 0 atom stereocenters. The number of nitrogens with two attached hydrogens (primary N) is 1. The van der Waals surface area contributed by atoms with Gasteiger partial charge in [0, 0.05) is 17.3 Å². The Hall–Kier alpha value is -5.04. The average molecular weight is 523 g/mol. The number of carbonyl (C=O) groups excluding carboxylic acids is 2. The van der Waals surface area contributed by atoms with Crippen molar-refractivity contribution in [1.29, 1.82) is 0 Å². The molecule has 0 saturated carbocycles. The third kappa shape index (κ3) is 6.55. The standard InChI is InChI=1S/C23H19ClN8O5/c24-15-5-3-14(4-6-15)12-31-21(29-22(35)32(23(31)36)13-18(33)28-20(25)34)27-16-7-9-17(10-8-16)37-19-2-1-11-26-30-19/h1-11H,12-13H2,(H,27,29,35)(H3,25,28,33,34). The molecule has 0 unspecified atom stereocenters. The van der Waals surface area contributed by atoms with Crippen molar-refractivity contribution in [3.63, 3.8) is 0 Å². The molecule has 2 aromatic heterocycles. The van der Waals surface area contributed by atoms with Crippen LogP contribution in [0, 0.1) is 0 Å². The van der Waals surface area contributed by atoms with Gasteiger partial charge in [0.2, 0.25) is 17.4 Å². The Bertz CT molecular complexity index is 1610. The van der Waals surface area contributed by atoms with Gasteiger partial charge >= 0.3 is 17.4 Å². The van der Waals surface area contributed by atoms with Crippen LogP contribution in [0.5, 0.6) is 11.6 Å². The predicted molar refractivity (Wildman–Crippen MR) is 131 cm³/mol. The van der Waals surface area contributed by atoms with Crippen LogP contribution in [0.25, 0.3) is 0 Å². The van der Waals surface area contributed by atoms with E-state index in [4.69, 9.17) is 22.1 Å². The molecule has 0 radical (unpaired) electrons. The Labute approximate surface area is 212 Å². The molecule has 14 heteroatoms. The summed E-state index contributed by atoms with van der Waals surface area (Å²) in [5.74, 6) is -0.152. The van der Waals surface area contributed by atoms with Gasteiger partial charge in [0.05, 0.1) is 12.2 Å². The van der Waals surface area contributed by atoms with E-state index in [2.05, 4.69) is 20.2 Å². The first-order valence-electron chi connectivity index (χ1n) is 10.7. The van der Waals surface area contributed by atoms with Crippen molar-refractivity contribution < 1.29 is 14.3 Å². The molecule has 13 nitrogen and oxygen atoms in total. The number of nitrogens with one attached hydrogen (secondary N) is 2. The van der Waals surface area contributed by atoms with Gasteiger partial charge in [-0.3, -0.25) is 19.7 Å². The van der Waals surface area contributed by atoms with Crippen LogP contribution < -0.4 is 32.8 Å². The summed E-state index contributed by atoms with van der Waals surface area (Å²) in [6.07, 6.45) is 1.52. The van der Waals surface area contributed by atoms with E-state index in [1.165, 1.54) is 10.8 Å². The van der Waals surface area contributed by atoms with E-state index in [1.54, 1.807) is 60.7 Å². The van der Waals surface area contributed by atoms with E-state index >= 15 is 0 Å². The van der Waals surface area contributed by atoms with E-state index in [9.17, 15) is 19.2 Å². The van der Waals surface area contributed by atoms with Crippen LogP contribution in [0.15, 0.2) is 81.4 Å². The Morgan fingerprint density at radius 2 is 1.78 bits per heavy atom. The smallest absolute Gasteiger partial charge is 0.335 e. The summed E-state index contributed by atoms with van der Waals surface area (Å²) in [7, 11) is 0. The second-order valence-electron chi connectivity index (χ2n) is 7.52. The van der Waals surface area contributed by atoms with Crippen molar-refractivity contribution in [2.75, 3.05) is 0 Å². The highest BCUT2D eigenvalue weighted by atomic mass is 35.5. The molecule has 4 rings (SSSR count). The summed E-state index contributed by atoms with van der Waals surface area (Å²) < 4.78 is 7.40. The van der Waals surface area contributed by atoms with Crippen LogP contribution in [-0.4, -0.2) is 36.3 Å². The quantitative estimate of drug-likeness (QED) is 0.324. The van der Waals surface area contributed by atoms with Gasteiger partial charge in [0.25, 0.3) is 0 Å². The fourth-order valence-electron chi connectivity index (χ4n) is 3.19. The zero-order valence-electron chi connectivity index (χ0n) is 19.0. The van der Waals surface area contributed by atoms with Gasteiger partial charge in [-0.05, 0) is 48.0 Å². The Kier molecular flexibility index (Phi) is 7.54. The van der Waals surface area contributed by atoms with E-state index in [0.29, 0.717) is 32.5 Å². The van der Waals surface area contributed by atoms with Gasteiger partial charge in [-0.2, -0.15) is 5.10 Å². The lowest BCUT2D eigenvalue weighted by atomic mass is 10.2. The molecule has 0 spiro atoms. The molecule has 3 amide bonds. The lowest BCUT2D eigenvalue weighted by molar-refractivity contribution is -0.120. The zero-order chi connectivity index (χ0) is 26.4. The number of H-pyrrole nitrogens is 1. The number of aromatic amines is 1. The molecule has 4 aromatic rings. The highest BCUT2D eigenvalue weighted by molar-refractivity contribution is 6.30. The summed E-state index contributed by atoms with van der Waals surface area (Å²) in [6, 6.07) is 15.4. The van der Waals surface area contributed by atoms with Crippen LogP contribution in [0.4, 0.5) is 10.5 Å². The normalized spacial score (nSPS) is 11.2. The maximum absolute atomic E-state index is 13.2. The van der Waals surface area contributed by atoms with Crippen molar-refractivity contribution in [1.82, 2.24) is 29.6 Å². The SMILES string of the molecule is NC(=O)NC(=O)Cn1c(=O)[nH]/c(=N\c2ccc(Oc3cccnn3)cc2)n(Cc2ccc(Cl)cc2)c1=O. The molecule has 0 aliphatic heterocycles. The Morgan fingerprint density at radius 3 is 2.43 bits per heavy atom. The van der Waals surface area contributed by atoms with E-state index in [0.717, 1.165) is 0 Å². The predicted octanol–water partition coefficient (Wildman–Crippen LogP) is 1.05. The number of urea groups is 1. The molecule has 0 saturated heterocycles. The lowest BCUT2D eigenvalue weighted by Crippen LogP contribution is -2.52. The molecule has 0 aliphatic rings. The Morgan fingerprint density at radius 1 is 1.05 bits per heavy atom. The first-order chi connectivity index (χ1) is 17.8. The number of halogens is 1. The third-order valence-corrected chi connectivity index (χ3v) is 5.09. The minimum Gasteiger partial charge on any atom is -0.438 e. The molecule has 0 aliphatic carbocycles. The molecule has 2 aromatic carbocycles. The minimum absolute atomic E-state index is 0.00305. The average Bonchev–Trinajstić information content (AvgIpc) is 2.87. The number of ether oxygens (including phenoxy) is 1. The molecule has 188 valence electrons. The topological polar surface area (TPSA) is 179 Å². The number of rotatable bonds is 7. The zero-order valence-corrected chi connectivity index (χ0v) is 19.8. The maximum atomic E-state index is 13.2. The van der Waals surface area contributed by atoms with Gasteiger partial charge in [0.15, 0.2) is 0 Å². The fraction of sp³-hybridized carbons (Fsp3) is 0.0870. The number of carbonyl (C=O) groups is 2. The molecule has 2 heterocycles. The van der Waals surface area contributed by atoms with Crippen LogP contribution in [-0.2, 0) is 17.9 Å². The van der Waals surface area contributed by atoms with E-state index in [1.807, 2.05) is 5.32 Å².